The second-order valence-electron chi connectivity index (χ2n) is 9.09. The van der Waals surface area contributed by atoms with E-state index in [0.29, 0.717) is 34.1 Å². The number of Topliss-reactive ketones (excluding diaryl/α,β-unsaturated/α-hetero) is 1. The highest BCUT2D eigenvalue weighted by Gasteiger charge is 2.31. The maximum Gasteiger partial charge on any atom is 0.333 e. The van der Waals surface area contributed by atoms with Crippen LogP contribution in [0.1, 0.15) is 40.7 Å². The Morgan fingerprint density at radius 2 is 1.51 bits per heavy atom. The summed E-state index contributed by atoms with van der Waals surface area (Å²) >= 11 is 12.2. The molecule has 1 amide bonds. The molecule has 11 heteroatoms. The van der Waals surface area contributed by atoms with Gasteiger partial charge in [0.15, 0.2) is 5.78 Å². The van der Waals surface area contributed by atoms with Crippen LogP contribution in [0.25, 0.3) is 0 Å². The number of likely N-dealkylation sites (tertiary alicyclic amines) is 1. The number of hydrogen-bond acceptors (Lipinski definition) is 6. The Morgan fingerprint density at radius 3 is 2.08 bits per heavy atom. The molecule has 0 spiro atoms. The Kier molecular flexibility index (Phi) is 8.16. The van der Waals surface area contributed by atoms with Crippen LogP contribution in [0.2, 0.25) is 10.0 Å². The van der Waals surface area contributed by atoms with E-state index in [-0.39, 0.29) is 31.0 Å². The van der Waals surface area contributed by atoms with Crippen LogP contribution in [-0.4, -0.2) is 44.9 Å². The molecule has 194 valence electrons. The number of amides is 1. The first-order valence-corrected chi connectivity index (χ1v) is 12.6. The monoisotopic (exact) mass is 543 g/mol. The fourth-order valence-electron chi connectivity index (χ4n) is 4.67. The molecule has 1 unspecified atom stereocenters. The third kappa shape index (κ3) is 5.95. The summed E-state index contributed by atoms with van der Waals surface area (Å²) in [6.07, 6.45) is 2.14. The highest BCUT2D eigenvalue weighted by Crippen LogP contribution is 2.19. The van der Waals surface area contributed by atoms with Crippen molar-refractivity contribution in [3.05, 3.63) is 96.1 Å². The lowest BCUT2D eigenvalue weighted by Crippen LogP contribution is -2.51. The van der Waals surface area contributed by atoms with Gasteiger partial charge >= 0.3 is 5.69 Å². The van der Waals surface area contributed by atoms with Crippen molar-refractivity contribution in [3.63, 3.8) is 0 Å². The van der Waals surface area contributed by atoms with Gasteiger partial charge in [-0.05, 0) is 54.8 Å². The predicted molar refractivity (Wildman–Crippen MR) is 143 cm³/mol. The summed E-state index contributed by atoms with van der Waals surface area (Å²) in [5.41, 5.74) is 11.4. The smallest absolute Gasteiger partial charge is 0.333 e. The molecule has 1 aliphatic rings. The van der Waals surface area contributed by atoms with Gasteiger partial charge in [0, 0.05) is 10.0 Å². The third-order valence-electron chi connectivity index (χ3n) is 6.49. The van der Waals surface area contributed by atoms with E-state index < -0.39 is 29.0 Å². The summed E-state index contributed by atoms with van der Waals surface area (Å²) < 4.78 is 2.16. The molecule has 1 aromatic heterocycles. The van der Waals surface area contributed by atoms with Crippen molar-refractivity contribution in [2.24, 2.45) is 5.73 Å². The van der Waals surface area contributed by atoms with Crippen molar-refractivity contribution in [3.8, 4) is 0 Å². The van der Waals surface area contributed by atoms with Gasteiger partial charge < -0.3 is 11.5 Å². The fraction of sp³-hybridized carbons (Fsp3) is 0.308. The van der Waals surface area contributed by atoms with Gasteiger partial charge in [0.25, 0.3) is 5.56 Å². The first-order valence-electron chi connectivity index (χ1n) is 11.8. The van der Waals surface area contributed by atoms with Gasteiger partial charge in [-0.25, -0.2) is 4.79 Å². The molecular weight excluding hydrogens is 517 g/mol. The number of primary amides is 1. The van der Waals surface area contributed by atoms with Crippen LogP contribution >= 0.6 is 23.2 Å². The molecule has 37 heavy (non-hydrogen) atoms. The second kappa shape index (κ2) is 11.3. The quantitative estimate of drug-likeness (QED) is 0.419. The van der Waals surface area contributed by atoms with Crippen molar-refractivity contribution in [1.82, 2.24) is 14.0 Å². The van der Waals surface area contributed by atoms with Crippen molar-refractivity contribution in [1.29, 1.82) is 0 Å². The van der Waals surface area contributed by atoms with Crippen LogP contribution in [-0.2, 0) is 17.9 Å². The summed E-state index contributed by atoms with van der Waals surface area (Å²) in [5, 5.41) is 0.911. The number of piperidine rings is 1. The molecule has 9 nitrogen and oxygen atoms in total. The van der Waals surface area contributed by atoms with Crippen LogP contribution in [0.15, 0.2) is 58.1 Å². The maximum atomic E-state index is 13.5. The number of nitrogens with zero attached hydrogens (tertiary/aromatic N) is 3. The van der Waals surface area contributed by atoms with Crippen LogP contribution in [0.4, 0.5) is 5.82 Å². The molecule has 0 radical (unpaired) electrons. The Hall–Kier alpha value is -3.40. The number of carbonyl (C=O) groups is 2. The predicted octanol–water partition coefficient (Wildman–Crippen LogP) is 2.52. The summed E-state index contributed by atoms with van der Waals surface area (Å²) in [5.74, 6) is -1.35. The van der Waals surface area contributed by atoms with E-state index in [1.165, 1.54) is 4.57 Å². The van der Waals surface area contributed by atoms with E-state index in [1.807, 2.05) is 0 Å². The molecule has 4 N–H and O–H groups in total. The third-order valence-corrected chi connectivity index (χ3v) is 6.97. The Bertz CT molecular complexity index is 1470. The lowest BCUT2D eigenvalue weighted by Gasteiger charge is -2.33. The largest absolute Gasteiger partial charge is 0.384 e. The van der Waals surface area contributed by atoms with E-state index in [4.69, 9.17) is 34.7 Å². The normalized spacial score (nSPS) is 16.0. The number of carbonyl (C=O) groups excluding carboxylic acids is 2. The molecule has 0 bridgehead atoms. The number of nitrogen functional groups attached to an aromatic ring is 1. The van der Waals surface area contributed by atoms with Crippen molar-refractivity contribution < 1.29 is 9.59 Å². The Labute approximate surface area is 223 Å². The molecule has 0 saturated carbocycles. The highest BCUT2D eigenvalue weighted by molar-refractivity contribution is 6.30. The average molecular weight is 544 g/mol. The van der Waals surface area contributed by atoms with Crippen molar-refractivity contribution >= 4 is 40.7 Å². The second-order valence-corrected chi connectivity index (χ2v) is 9.96. The molecule has 3 aromatic rings. The van der Waals surface area contributed by atoms with Gasteiger partial charge in [0.2, 0.25) is 5.91 Å². The topological polar surface area (TPSA) is 133 Å². The molecule has 2 heterocycles. The number of hydrogen-bond donors (Lipinski definition) is 2. The lowest BCUT2D eigenvalue weighted by atomic mass is 10.0. The maximum absolute atomic E-state index is 13.5. The van der Waals surface area contributed by atoms with E-state index in [9.17, 15) is 19.2 Å². The van der Waals surface area contributed by atoms with E-state index >= 15 is 0 Å². The molecule has 0 aliphatic carbocycles. The van der Waals surface area contributed by atoms with Crippen LogP contribution in [0, 0.1) is 0 Å². The van der Waals surface area contributed by atoms with E-state index in [2.05, 4.69) is 0 Å². The molecule has 2 aromatic carbocycles. The van der Waals surface area contributed by atoms with Gasteiger partial charge in [-0.1, -0.05) is 53.9 Å². The number of halogens is 2. The summed E-state index contributed by atoms with van der Waals surface area (Å²) in [4.78, 5) is 54.2. The first kappa shape index (κ1) is 26.7. The van der Waals surface area contributed by atoms with Gasteiger partial charge in [-0.15, -0.1) is 0 Å². The van der Waals surface area contributed by atoms with E-state index in [1.54, 1.807) is 53.4 Å². The molecule has 1 atom stereocenters. The highest BCUT2D eigenvalue weighted by atomic mass is 35.5. The Balaban J connectivity index is 1.81. The van der Waals surface area contributed by atoms with Crippen LogP contribution in [0.5, 0.6) is 0 Å². The first-order chi connectivity index (χ1) is 17.7. The number of benzene rings is 2. The van der Waals surface area contributed by atoms with Gasteiger partial charge in [0.05, 0.1) is 25.7 Å². The zero-order valence-electron chi connectivity index (χ0n) is 20.0. The Morgan fingerprint density at radius 1 is 0.919 bits per heavy atom. The zero-order chi connectivity index (χ0) is 26.7. The number of anilines is 1. The van der Waals surface area contributed by atoms with Gasteiger partial charge in [0.1, 0.15) is 11.4 Å². The van der Waals surface area contributed by atoms with Crippen LogP contribution in [0.3, 0.4) is 0 Å². The minimum absolute atomic E-state index is 0.00500. The molecular formula is C26H27Cl2N5O4. The van der Waals surface area contributed by atoms with Crippen molar-refractivity contribution in [2.75, 3.05) is 18.8 Å². The van der Waals surface area contributed by atoms with Crippen molar-refractivity contribution in [2.45, 2.75) is 38.4 Å². The summed E-state index contributed by atoms with van der Waals surface area (Å²) in [6, 6.07) is 13.0. The fourth-order valence-corrected chi connectivity index (χ4v) is 5.10. The number of nitrogens with two attached hydrogens (primary N) is 2. The SMILES string of the molecule is NC(=O)C1CCCCN1CC(=O)c1c(N)n(Cc2cccc(Cl)c2)c(=O)n(Cc2cccc(Cl)c2)c1=O. The number of ketones is 1. The number of rotatable bonds is 8. The van der Waals surface area contributed by atoms with E-state index in [0.717, 1.165) is 17.4 Å². The average Bonchev–Trinajstić information content (AvgIpc) is 2.85. The lowest BCUT2D eigenvalue weighted by molar-refractivity contribution is -0.124. The summed E-state index contributed by atoms with van der Waals surface area (Å²) in [6.45, 7) is 0.147. The molecule has 1 fully saturated rings. The molecule has 1 saturated heterocycles. The standard InChI is InChI=1S/C26H27Cl2N5O4/c27-18-7-3-5-16(11-18)13-32-23(29)22(21(34)15-31-10-2-1-9-20(31)24(30)35)25(36)33(26(32)37)14-17-6-4-8-19(28)12-17/h3-8,11-12,20H,1-2,9-10,13-15,29H2,(H2,30,35). The van der Waals surface area contributed by atoms with Gasteiger partial charge in [-0.3, -0.25) is 28.4 Å². The van der Waals surface area contributed by atoms with Crippen LogP contribution < -0.4 is 22.7 Å². The molecule has 1 aliphatic heterocycles. The minimum Gasteiger partial charge on any atom is -0.384 e. The minimum atomic E-state index is -0.803. The zero-order valence-corrected chi connectivity index (χ0v) is 21.5. The number of aromatic nitrogens is 2. The molecule has 4 rings (SSSR count). The van der Waals surface area contributed by atoms with Gasteiger partial charge in [-0.2, -0.15) is 0 Å². The summed E-state index contributed by atoms with van der Waals surface area (Å²) in [7, 11) is 0.